The molecule has 22 heavy (non-hydrogen) atoms. The number of aliphatic hydroxyl groups excluding tert-OH is 1. The molecule has 7 nitrogen and oxygen atoms in total. The Morgan fingerprint density at radius 1 is 1.36 bits per heavy atom. The molecule has 0 aliphatic carbocycles. The van der Waals surface area contributed by atoms with E-state index < -0.39 is 12.1 Å². The summed E-state index contributed by atoms with van der Waals surface area (Å²) < 4.78 is 5.41. The van der Waals surface area contributed by atoms with Crippen LogP contribution in [0.15, 0.2) is 24.3 Å². The molecule has 0 saturated carbocycles. The molecule has 1 aromatic rings. The van der Waals surface area contributed by atoms with Gasteiger partial charge in [-0.05, 0) is 17.7 Å². The molecule has 1 aliphatic rings. The molecule has 2 rings (SSSR count). The van der Waals surface area contributed by atoms with Crippen molar-refractivity contribution in [3.63, 3.8) is 0 Å². The summed E-state index contributed by atoms with van der Waals surface area (Å²) in [6.07, 6.45) is -0.631. The van der Waals surface area contributed by atoms with Gasteiger partial charge in [-0.1, -0.05) is 12.1 Å². The first-order chi connectivity index (χ1) is 10.5. The SMILES string of the molecule is CN1CC(=O)N(CC(O)COc2ccc(CC#N)cc2)C1=O. The summed E-state index contributed by atoms with van der Waals surface area (Å²) in [6, 6.07) is 8.60. The second kappa shape index (κ2) is 6.91. The van der Waals surface area contributed by atoms with Gasteiger partial charge in [-0.25, -0.2) is 4.79 Å². The van der Waals surface area contributed by atoms with Gasteiger partial charge in [0.2, 0.25) is 5.91 Å². The summed E-state index contributed by atoms with van der Waals surface area (Å²) in [6.45, 7) is -0.0837. The number of likely N-dealkylation sites (N-methyl/N-ethyl adjacent to an activating group) is 1. The minimum absolute atomic E-state index is 0.0294. The van der Waals surface area contributed by atoms with Crippen molar-refractivity contribution in [2.24, 2.45) is 0 Å². The quantitative estimate of drug-likeness (QED) is 0.767. The maximum absolute atomic E-state index is 11.7. The van der Waals surface area contributed by atoms with Gasteiger partial charge >= 0.3 is 6.03 Å². The highest BCUT2D eigenvalue weighted by Crippen LogP contribution is 2.14. The standard InChI is InChI=1S/C15H17N3O4/c1-17-9-14(20)18(15(17)21)8-12(19)10-22-13-4-2-11(3-5-13)6-7-16/h2-5,12,19H,6,8-10H2,1H3. The van der Waals surface area contributed by atoms with Gasteiger partial charge in [-0.3, -0.25) is 9.69 Å². The van der Waals surface area contributed by atoms with E-state index in [2.05, 4.69) is 6.07 Å². The number of amides is 3. The van der Waals surface area contributed by atoms with E-state index >= 15 is 0 Å². The molecule has 0 bridgehead atoms. The fourth-order valence-corrected chi connectivity index (χ4v) is 2.10. The zero-order valence-electron chi connectivity index (χ0n) is 12.2. The largest absolute Gasteiger partial charge is 0.491 e. The highest BCUT2D eigenvalue weighted by Gasteiger charge is 2.34. The Bertz CT molecular complexity index is 594. The first kappa shape index (κ1) is 15.8. The molecule has 1 atom stereocenters. The van der Waals surface area contributed by atoms with E-state index in [1.54, 1.807) is 24.3 Å². The molecular formula is C15H17N3O4. The number of hydrogen-bond donors (Lipinski definition) is 1. The van der Waals surface area contributed by atoms with Crippen LogP contribution >= 0.6 is 0 Å². The zero-order chi connectivity index (χ0) is 16.1. The number of benzene rings is 1. The summed E-state index contributed by atoms with van der Waals surface area (Å²) in [7, 11) is 1.53. The molecule has 1 unspecified atom stereocenters. The normalized spacial score (nSPS) is 15.9. The summed E-state index contributed by atoms with van der Waals surface area (Å²) in [4.78, 5) is 25.6. The first-order valence-electron chi connectivity index (χ1n) is 6.83. The molecule has 0 spiro atoms. The number of urea groups is 1. The molecular weight excluding hydrogens is 286 g/mol. The third kappa shape index (κ3) is 3.74. The van der Waals surface area contributed by atoms with Crippen molar-refractivity contribution >= 4 is 11.9 Å². The van der Waals surface area contributed by atoms with E-state index in [0.29, 0.717) is 12.2 Å². The highest BCUT2D eigenvalue weighted by atomic mass is 16.5. The van der Waals surface area contributed by atoms with Gasteiger partial charge in [0, 0.05) is 7.05 Å². The molecule has 1 saturated heterocycles. The molecule has 3 amide bonds. The average molecular weight is 303 g/mol. The lowest BCUT2D eigenvalue weighted by molar-refractivity contribution is -0.126. The van der Waals surface area contributed by atoms with E-state index in [4.69, 9.17) is 10.00 Å². The Morgan fingerprint density at radius 3 is 2.59 bits per heavy atom. The number of hydrogen-bond acceptors (Lipinski definition) is 5. The van der Waals surface area contributed by atoms with Crippen LogP contribution in [0.2, 0.25) is 0 Å². The molecule has 7 heteroatoms. The third-order valence-electron chi connectivity index (χ3n) is 3.27. The number of carbonyl (C=O) groups excluding carboxylic acids is 2. The van der Waals surface area contributed by atoms with Gasteiger partial charge in [-0.2, -0.15) is 5.26 Å². The second-order valence-electron chi connectivity index (χ2n) is 5.09. The number of rotatable bonds is 6. The van der Waals surface area contributed by atoms with Crippen molar-refractivity contribution in [2.75, 3.05) is 26.7 Å². The van der Waals surface area contributed by atoms with Gasteiger partial charge in [0.1, 0.15) is 25.0 Å². The Balaban J connectivity index is 1.83. The molecule has 1 aliphatic heterocycles. The van der Waals surface area contributed by atoms with Crippen molar-refractivity contribution in [2.45, 2.75) is 12.5 Å². The molecule has 1 heterocycles. The molecule has 1 N–H and O–H groups in total. The van der Waals surface area contributed by atoms with Crippen LogP contribution in [0.25, 0.3) is 0 Å². The number of β-amino-alcohol motifs (C(OH)–C–C–N with tert-alkyl or cyclic N) is 1. The predicted octanol–water partition coefficient (Wildman–Crippen LogP) is 0.386. The van der Waals surface area contributed by atoms with Crippen molar-refractivity contribution in [1.82, 2.24) is 9.80 Å². The molecule has 0 radical (unpaired) electrons. The Kier molecular flexibility index (Phi) is 4.96. The van der Waals surface area contributed by atoms with Crippen LogP contribution in [-0.2, 0) is 11.2 Å². The number of nitriles is 1. The third-order valence-corrected chi connectivity index (χ3v) is 3.27. The summed E-state index contributed by atoms with van der Waals surface area (Å²) in [5.74, 6) is 0.226. The van der Waals surface area contributed by atoms with Gasteiger partial charge in [0.25, 0.3) is 0 Å². The number of nitrogens with zero attached hydrogens (tertiary/aromatic N) is 3. The summed E-state index contributed by atoms with van der Waals surface area (Å²) in [5.41, 5.74) is 0.881. The maximum Gasteiger partial charge on any atom is 0.327 e. The summed E-state index contributed by atoms with van der Waals surface area (Å²) >= 11 is 0. The van der Waals surface area contributed by atoms with Gasteiger partial charge in [0.05, 0.1) is 19.0 Å². The van der Waals surface area contributed by atoms with Gasteiger partial charge in [0.15, 0.2) is 0 Å². The van der Waals surface area contributed by atoms with Crippen LogP contribution in [0.5, 0.6) is 5.75 Å². The van der Waals surface area contributed by atoms with Gasteiger partial charge in [-0.15, -0.1) is 0 Å². The van der Waals surface area contributed by atoms with E-state index in [0.717, 1.165) is 10.5 Å². The average Bonchev–Trinajstić information content (AvgIpc) is 2.73. The molecule has 1 fully saturated rings. The van der Waals surface area contributed by atoms with E-state index in [9.17, 15) is 14.7 Å². The van der Waals surface area contributed by atoms with Crippen molar-refractivity contribution in [3.05, 3.63) is 29.8 Å². The van der Waals surface area contributed by atoms with Crippen LogP contribution < -0.4 is 4.74 Å². The lowest BCUT2D eigenvalue weighted by atomic mass is 10.2. The van der Waals surface area contributed by atoms with Crippen LogP contribution in [0.3, 0.4) is 0 Å². The van der Waals surface area contributed by atoms with Crippen molar-refractivity contribution < 1.29 is 19.4 Å². The van der Waals surface area contributed by atoms with Crippen LogP contribution in [0.4, 0.5) is 4.79 Å². The number of imide groups is 1. The zero-order valence-corrected chi connectivity index (χ0v) is 12.2. The Hall–Kier alpha value is -2.59. The van der Waals surface area contributed by atoms with Crippen molar-refractivity contribution in [1.29, 1.82) is 5.26 Å². The molecule has 0 aromatic heterocycles. The number of carbonyl (C=O) groups is 2. The number of aliphatic hydroxyl groups is 1. The highest BCUT2D eigenvalue weighted by molar-refractivity contribution is 6.01. The second-order valence-corrected chi connectivity index (χ2v) is 5.09. The number of ether oxygens (including phenoxy) is 1. The molecule has 1 aromatic carbocycles. The minimum atomic E-state index is -0.960. The van der Waals surface area contributed by atoms with E-state index in [-0.39, 0.29) is 25.6 Å². The lowest BCUT2D eigenvalue weighted by Gasteiger charge is -2.18. The smallest absolute Gasteiger partial charge is 0.327 e. The van der Waals surface area contributed by atoms with Crippen LogP contribution in [-0.4, -0.2) is 59.7 Å². The lowest BCUT2D eigenvalue weighted by Crippen LogP contribution is -2.40. The van der Waals surface area contributed by atoms with Crippen LogP contribution in [0, 0.1) is 11.3 Å². The summed E-state index contributed by atoms with van der Waals surface area (Å²) in [5, 5.41) is 18.5. The Labute approximate surface area is 128 Å². The minimum Gasteiger partial charge on any atom is -0.491 e. The van der Waals surface area contributed by atoms with E-state index in [1.165, 1.54) is 11.9 Å². The van der Waals surface area contributed by atoms with Gasteiger partial charge < -0.3 is 14.7 Å². The topological polar surface area (TPSA) is 93.9 Å². The molecule has 116 valence electrons. The maximum atomic E-state index is 11.7. The van der Waals surface area contributed by atoms with Crippen molar-refractivity contribution in [3.8, 4) is 11.8 Å². The fourth-order valence-electron chi connectivity index (χ4n) is 2.10. The first-order valence-corrected chi connectivity index (χ1v) is 6.83. The predicted molar refractivity (Wildman–Crippen MR) is 77.0 cm³/mol. The Morgan fingerprint density at radius 2 is 2.05 bits per heavy atom. The monoisotopic (exact) mass is 303 g/mol. The van der Waals surface area contributed by atoms with Crippen LogP contribution in [0.1, 0.15) is 5.56 Å². The fraction of sp³-hybridized carbons (Fsp3) is 0.400. The van der Waals surface area contributed by atoms with E-state index in [1.807, 2.05) is 0 Å².